The number of pyridine rings is 1. The molecule has 1 fully saturated rings. The van der Waals surface area contributed by atoms with Crippen LogP contribution in [-0.4, -0.2) is 59.6 Å². The molecule has 4 rings (SSSR count). The zero-order valence-corrected chi connectivity index (χ0v) is 22.6. The predicted molar refractivity (Wildman–Crippen MR) is 149 cm³/mol. The van der Waals surface area contributed by atoms with Gasteiger partial charge in [0.05, 0.1) is 24.7 Å². The van der Waals surface area contributed by atoms with Gasteiger partial charge >= 0.3 is 6.03 Å². The second-order valence-electron chi connectivity index (χ2n) is 9.67. The van der Waals surface area contributed by atoms with Crippen LogP contribution in [0.4, 0.5) is 10.5 Å². The van der Waals surface area contributed by atoms with E-state index in [-0.39, 0.29) is 24.2 Å². The standard InChI is InChI=1S/C29H39N5O3/c1-6-33(7-2)18-26-19(4)13-21-14-22(28(35)32-27(21)20(26)5)17-34(24-15-30-16-24)29(36)31-23-9-11-25(12-10-23)37-8-3/h9-14,24,30H,6-8,15-18H2,1-5H3,(H,31,36)(H,32,35). The zero-order chi connectivity index (χ0) is 26.5. The number of hydrogen-bond acceptors (Lipinski definition) is 5. The number of urea groups is 1. The Bertz CT molecular complexity index is 1290. The van der Waals surface area contributed by atoms with Crippen molar-refractivity contribution in [1.29, 1.82) is 0 Å². The predicted octanol–water partition coefficient (Wildman–Crippen LogP) is 4.39. The van der Waals surface area contributed by atoms with Gasteiger partial charge in [-0.05, 0) is 92.3 Å². The Morgan fingerprint density at radius 3 is 2.35 bits per heavy atom. The Hall–Kier alpha value is -3.36. The van der Waals surface area contributed by atoms with E-state index in [1.165, 1.54) is 11.1 Å². The number of carbonyl (C=O) groups is 1. The molecule has 0 unspecified atom stereocenters. The molecular formula is C29H39N5O3. The molecule has 1 saturated heterocycles. The van der Waals surface area contributed by atoms with Gasteiger partial charge < -0.3 is 25.3 Å². The lowest BCUT2D eigenvalue weighted by molar-refractivity contribution is 0.156. The highest BCUT2D eigenvalue weighted by Crippen LogP contribution is 2.26. The minimum absolute atomic E-state index is 0.0257. The van der Waals surface area contributed by atoms with Crippen molar-refractivity contribution in [3.63, 3.8) is 0 Å². The van der Waals surface area contributed by atoms with Gasteiger partial charge in [-0.1, -0.05) is 13.8 Å². The first kappa shape index (κ1) is 26.7. The SMILES string of the molecule is CCOc1ccc(NC(=O)N(Cc2cc3cc(C)c(CN(CC)CC)c(C)c3[nH]c2=O)C2CNC2)cc1. The lowest BCUT2D eigenvalue weighted by atomic mass is 9.97. The molecule has 2 aromatic carbocycles. The number of nitrogens with zero attached hydrogens (tertiary/aromatic N) is 2. The number of carbonyl (C=O) groups excluding carboxylic acids is 1. The van der Waals surface area contributed by atoms with Crippen LogP contribution >= 0.6 is 0 Å². The Morgan fingerprint density at radius 2 is 1.76 bits per heavy atom. The summed E-state index contributed by atoms with van der Waals surface area (Å²) >= 11 is 0. The van der Waals surface area contributed by atoms with Gasteiger partial charge in [-0.3, -0.25) is 9.69 Å². The third kappa shape index (κ3) is 5.97. The van der Waals surface area contributed by atoms with E-state index in [4.69, 9.17) is 4.74 Å². The number of fused-ring (bicyclic) bond motifs is 1. The van der Waals surface area contributed by atoms with Crippen molar-refractivity contribution in [2.45, 2.75) is 53.8 Å². The van der Waals surface area contributed by atoms with Gasteiger partial charge in [-0.2, -0.15) is 0 Å². The average Bonchev–Trinajstić information content (AvgIpc) is 2.85. The lowest BCUT2D eigenvalue weighted by Gasteiger charge is -2.38. The first-order chi connectivity index (χ1) is 17.8. The molecule has 3 N–H and O–H groups in total. The van der Waals surface area contributed by atoms with Crippen molar-refractivity contribution < 1.29 is 9.53 Å². The molecule has 1 aromatic heterocycles. The minimum atomic E-state index is -0.225. The Labute approximate surface area is 219 Å². The van der Waals surface area contributed by atoms with E-state index in [2.05, 4.69) is 54.3 Å². The molecule has 0 saturated carbocycles. The third-order valence-corrected chi connectivity index (χ3v) is 7.32. The number of nitrogens with one attached hydrogen (secondary N) is 3. The maximum Gasteiger partial charge on any atom is 0.322 e. The molecule has 8 nitrogen and oxygen atoms in total. The van der Waals surface area contributed by atoms with Crippen molar-refractivity contribution in [2.24, 2.45) is 0 Å². The molecule has 2 amide bonds. The minimum Gasteiger partial charge on any atom is -0.494 e. The number of ether oxygens (including phenoxy) is 1. The highest BCUT2D eigenvalue weighted by molar-refractivity contribution is 5.90. The van der Waals surface area contributed by atoms with Gasteiger partial charge in [-0.15, -0.1) is 0 Å². The summed E-state index contributed by atoms with van der Waals surface area (Å²) in [4.78, 5) is 33.7. The van der Waals surface area contributed by atoms with Crippen LogP contribution in [0.5, 0.6) is 5.75 Å². The van der Waals surface area contributed by atoms with Crippen LogP contribution in [0.15, 0.2) is 41.2 Å². The fourth-order valence-electron chi connectivity index (χ4n) is 4.85. The van der Waals surface area contributed by atoms with Crippen LogP contribution in [0, 0.1) is 13.8 Å². The zero-order valence-electron chi connectivity index (χ0n) is 22.6. The molecule has 37 heavy (non-hydrogen) atoms. The van der Waals surface area contributed by atoms with Crippen molar-refractivity contribution in [3.8, 4) is 5.75 Å². The summed E-state index contributed by atoms with van der Waals surface area (Å²) in [5.41, 5.74) is 5.57. The number of hydrogen-bond donors (Lipinski definition) is 3. The monoisotopic (exact) mass is 505 g/mol. The van der Waals surface area contributed by atoms with E-state index in [9.17, 15) is 9.59 Å². The van der Waals surface area contributed by atoms with Crippen molar-refractivity contribution in [2.75, 3.05) is 38.1 Å². The summed E-state index contributed by atoms with van der Waals surface area (Å²) in [5, 5.41) is 7.20. The fraction of sp³-hybridized carbons (Fsp3) is 0.448. The quantitative estimate of drug-likeness (QED) is 0.380. The summed E-state index contributed by atoms with van der Waals surface area (Å²) in [6.45, 7) is 15.5. The number of rotatable bonds is 10. The highest BCUT2D eigenvalue weighted by Gasteiger charge is 2.29. The lowest BCUT2D eigenvalue weighted by Crippen LogP contribution is -2.59. The Kier molecular flexibility index (Phi) is 8.51. The van der Waals surface area contributed by atoms with Gasteiger partial charge in [0.25, 0.3) is 5.56 Å². The van der Waals surface area contributed by atoms with Crippen LogP contribution in [0.2, 0.25) is 0 Å². The van der Waals surface area contributed by atoms with Crippen LogP contribution in [0.1, 0.15) is 43.0 Å². The van der Waals surface area contributed by atoms with E-state index in [0.717, 1.165) is 41.9 Å². The molecule has 0 radical (unpaired) electrons. The maximum atomic E-state index is 13.3. The third-order valence-electron chi connectivity index (χ3n) is 7.32. The molecule has 8 heteroatoms. The van der Waals surface area contributed by atoms with Crippen LogP contribution < -0.4 is 20.9 Å². The van der Waals surface area contributed by atoms with E-state index < -0.39 is 0 Å². The summed E-state index contributed by atoms with van der Waals surface area (Å²) < 4.78 is 5.49. The van der Waals surface area contributed by atoms with Crippen molar-refractivity contribution in [3.05, 3.63) is 69.0 Å². The number of aromatic amines is 1. The number of anilines is 1. The molecule has 0 aliphatic carbocycles. The summed E-state index contributed by atoms with van der Waals surface area (Å²) in [5.74, 6) is 0.758. The van der Waals surface area contributed by atoms with Crippen molar-refractivity contribution >= 4 is 22.6 Å². The van der Waals surface area contributed by atoms with Crippen LogP contribution in [0.25, 0.3) is 10.9 Å². The van der Waals surface area contributed by atoms with Crippen LogP contribution in [-0.2, 0) is 13.1 Å². The van der Waals surface area contributed by atoms with E-state index >= 15 is 0 Å². The number of aromatic nitrogens is 1. The van der Waals surface area contributed by atoms with Crippen molar-refractivity contribution in [1.82, 2.24) is 20.1 Å². The normalized spacial score (nSPS) is 13.6. The molecule has 0 spiro atoms. The topological polar surface area (TPSA) is 89.7 Å². The molecule has 3 aromatic rings. The molecule has 2 heterocycles. The number of amides is 2. The summed E-state index contributed by atoms with van der Waals surface area (Å²) in [7, 11) is 0. The second-order valence-corrected chi connectivity index (χ2v) is 9.67. The highest BCUT2D eigenvalue weighted by atomic mass is 16.5. The second kappa shape index (κ2) is 11.8. The van der Waals surface area contributed by atoms with E-state index in [0.29, 0.717) is 30.9 Å². The van der Waals surface area contributed by atoms with Gasteiger partial charge in [0, 0.05) is 30.9 Å². The Morgan fingerprint density at radius 1 is 1.05 bits per heavy atom. The van der Waals surface area contributed by atoms with Gasteiger partial charge in [-0.25, -0.2) is 4.79 Å². The number of H-pyrrole nitrogens is 1. The van der Waals surface area contributed by atoms with Gasteiger partial charge in [0.15, 0.2) is 0 Å². The first-order valence-electron chi connectivity index (χ1n) is 13.2. The van der Waals surface area contributed by atoms with Gasteiger partial charge in [0.1, 0.15) is 5.75 Å². The molecular weight excluding hydrogens is 466 g/mol. The largest absolute Gasteiger partial charge is 0.494 e. The molecule has 0 bridgehead atoms. The van der Waals surface area contributed by atoms with Gasteiger partial charge in [0.2, 0.25) is 0 Å². The smallest absolute Gasteiger partial charge is 0.322 e. The van der Waals surface area contributed by atoms with E-state index in [1.807, 2.05) is 37.3 Å². The van der Waals surface area contributed by atoms with E-state index in [1.54, 1.807) is 4.90 Å². The maximum absolute atomic E-state index is 13.3. The molecule has 198 valence electrons. The fourth-order valence-corrected chi connectivity index (χ4v) is 4.85. The molecule has 1 aliphatic rings. The number of aryl methyl sites for hydroxylation is 2. The van der Waals surface area contributed by atoms with Crippen LogP contribution in [0.3, 0.4) is 0 Å². The first-order valence-corrected chi connectivity index (χ1v) is 13.2. The molecule has 1 aliphatic heterocycles. The average molecular weight is 506 g/mol. The number of benzene rings is 2. The Balaban J connectivity index is 1.59. The summed E-state index contributed by atoms with van der Waals surface area (Å²) in [6.07, 6.45) is 0. The molecule has 0 atom stereocenters. The summed E-state index contributed by atoms with van der Waals surface area (Å²) in [6, 6.07) is 11.2.